The quantitative estimate of drug-likeness (QED) is 0.868. The number of β-amino-alcohol motifs (C(OH)–C–C–N with tert-alkyl or cyclic N) is 1. The van der Waals surface area contributed by atoms with Crippen molar-refractivity contribution in [3.63, 3.8) is 0 Å². The van der Waals surface area contributed by atoms with E-state index >= 15 is 0 Å². The highest BCUT2D eigenvalue weighted by atomic mass is 35.5. The van der Waals surface area contributed by atoms with Crippen molar-refractivity contribution < 1.29 is 9.90 Å². The highest BCUT2D eigenvalue weighted by Gasteiger charge is 2.24. The number of anilines is 1. The van der Waals surface area contributed by atoms with Crippen LogP contribution in [0.2, 0.25) is 4.34 Å². The first-order valence-corrected chi connectivity index (χ1v) is 9.19. The Morgan fingerprint density at radius 2 is 2.21 bits per heavy atom. The van der Waals surface area contributed by atoms with Gasteiger partial charge in [-0.05, 0) is 48.9 Å². The number of thiophene rings is 1. The summed E-state index contributed by atoms with van der Waals surface area (Å²) in [5, 5.41) is 14.8. The van der Waals surface area contributed by atoms with Gasteiger partial charge in [0.2, 0.25) is 0 Å². The fraction of sp³-hybridized carbons (Fsp3) is 0.389. The number of halogens is 1. The van der Waals surface area contributed by atoms with Crippen LogP contribution in [0.25, 0.3) is 0 Å². The molecule has 1 aliphatic heterocycles. The maximum Gasteiger partial charge on any atom is 0.258 e. The van der Waals surface area contributed by atoms with E-state index in [1.807, 2.05) is 31.4 Å². The number of hydrogen-bond acceptors (Lipinski definition) is 4. The summed E-state index contributed by atoms with van der Waals surface area (Å²) >= 11 is 7.40. The van der Waals surface area contributed by atoms with E-state index in [9.17, 15) is 9.90 Å². The molecule has 4 nitrogen and oxygen atoms in total. The highest BCUT2D eigenvalue weighted by molar-refractivity contribution is 7.14. The Hall–Kier alpha value is -1.40. The number of fused-ring (bicyclic) bond motifs is 1. The number of rotatable bonds is 4. The molecule has 0 spiro atoms. The van der Waals surface area contributed by atoms with E-state index in [0.29, 0.717) is 16.4 Å². The third kappa shape index (κ3) is 3.98. The van der Waals surface area contributed by atoms with Gasteiger partial charge >= 0.3 is 0 Å². The molecular formula is C18H21ClN2O2S. The van der Waals surface area contributed by atoms with E-state index in [0.717, 1.165) is 25.2 Å². The lowest BCUT2D eigenvalue weighted by molar-refractivity contribution is 0.0318. The van der Waals surface area contributed by atoms with Crippen LogP contribution < -0.4 is 5.32 Å². The minimum absolute atomic E-state index is 0.173. The molecular weight excluding hydrogens is 344 g/mol. The molecule has 0 fully saturated rings. The monoisotopic (exact) mass is 364 g/mol. The number of carbonyl (C=O) groups is 1. The van der Waals surface area contributed by atoms with Gasteiger partial charge in [-0.2, -0.15) is 0 Å². The maximum atomic E-state index is 12.4. The predicted octanol–water partition coefficient (Wildman–Crippen LogP) is 3.78. The molecule has 0 saturated heterocycles. The molecule has 24 heavy (non-hydrogen) atoms. The Morgan fingerprint density at radius 3 is 2.88 bits per heavy atom. The van der Waals surface area contributed by atoms with Crippen molar-refractivity contribution in [2.75, 3.05) is 18.4 Å². The summed E-state index contributed by atoms with van der Waals surface area (Å²) in [7, 11) is 0. The standard InChI is InChI=1S/C18H21ClN2O2S/c1-18(2,23)11-21-8-6-13-12(10-21)4-3-5-15(13)20-17(22)14-7-9-24-16(14)19/h3-5,7,9,23H,6,8,10-11H2,1-2H3,(H,20,22). The molecule has 0 bridgehead atoms. The van der Waals surface area contributed by atoms with Crippen molar-refractivity contribution in [3.05, 3.63) is 50.7 Å². The SMILES string of the molecule is CC(C)(O)CN1CCc2c(cccc2NC(=O)c2ccsc2Cl)C1. The van der Waals surface area contributed by atoms with Crippen molar-refractivity contribution >= 4 is 34.5 Å². The van der Waals surface area contributed by atoms with Crippen molar-refractivity contribution in [1.82, 2.24) is 4.90 Å². The summed E-state index contributed by atoms with van der Waals surface area (Å²) in [6.07, 6.45) is 0.846. The Balaban J connectivity index is 1.77. The minimum Gasteiger partial charge on any atom is -0.389 e. The van der Waals surface area contributed by atoms with Crippen LogP contribution in [0.1, 0.15) is 35.3 Å². The molecule has 2 heterocycles. The number of nitrogens with one attached hydrogen (secondary N) is 1. The van der Waals surface area contributed by atoms with Crippen LogP contribution in [0.15, 0.2) is 29.6 Å². The second-order valence-corrected chi connectivity index (χ2v) is 8.30. The summed E-state index contributed by atoms with van der Waals surface area (Å²) in [6, 6.07) is 7.71. The Labute approximate surface area is 151 Å². The van der Waals surface area contributed by atoms with Gasteiger partial charge in [0.1, 0.15) is 4.34 Å². The van der Waals surface area contributed by atoms with Gasteiger partial charge in [-0.3, -0.25) is 9.69 Å². The van der Waals surface area contributed by atoms with Crippen molar-refractivity contribution in [2.24, 2.45) is 0 Å². The van der Waals surface area contributed by atoms with Gasteiger partial charge in [0.25, 0.3) is 5.91 Å². The van der Waals surface area contributed by atoms with E-state index < -0.39 is 5.60 Å². The third-order valence-electron chi connectivity index (χ3n) is 4.07. The first-order valence-electron chi connectivity index (χ1n) is 7.93. The lowest BCUT2D eigenvalue weighted by Gasteiger charge is -2.33. The first-order chi connectivity index (χ1) is 11.3. The minimum atomic E-state index is -0.709. The van der Waals surface area contributed by atoms with Gasteiger partial charge in [0.05, 0.1) is 11.2 Å². The summed E-state index contributed by atoms with van der Waals surface area (Å²) in [5.41, 5.74) is 3.02. The van der Waals surface area contributed by atoms with Crippen molar-refractivity contribution in [2.45, 2.75) is 32.4 Å². The first kappa shape index (κ1) is 17.4. The lowest BCUT2D eigenvalue weighted by Crippen LogP contribution is -2.41. The van der Waals surface area contributed by atoms with Crippen LogP contribution in [0, 0.1) is 0 Å². The van der Waals surface area contributed by atoms with E-state index in [2.05, 4.69) is 16.3 Å². The topological polar surface area (TPSA) is 52.6 Å². The largest absolute Gasteiger partial charge is 0.389 e. The average Bonchev–Trinajstić information content (AvgIpc) is 2.92. The summed E-state index contributed by atoms with van der Waals surface area (Å²) in [5.74, 6) is -0.173. The number of amides is 1. The van der Waals surface area contributed by atoms with Crippen molar-refractivity contribution in [3.8, 4) is 0 Å². The summed E-state index contributed by atoms with van der Waals surface area (Å²) < 4.78 is 0.508. The van der Waals surface area contributed by atoms with Gasteiger partial charge in [-0.25, -0.2) is 0 Å². The van der Waals surface area contributed by atoms with E-state index in [4.69, 9.17) is 11.6 Å². The van der Waals surface area contributed by atoms with Crippen LogP contribution in [0.4, 0.5) is 5.69 Å². The zero-order valence-electron chi connectivity index (χ0n) is 13.8. The second kappa shape index (κ2) is 6.84. The Morgan fingerprint density at radius 1 is 1.42 bits per heavy atom. The number of aliphatic hydroxyl groups is 1. The smallest absolute Gasteiger partial charge is 0.258 e. The zero-order valence-corrected chi connectivity index (χ0v) is 15.4. The fourth-order valence-corrected chi connectivity index (χ4v) is 4.03. The van der Waals surface area contributed by atoms with Crippen LogP contribution in [0.3, 0.4) is 0 Å². The lowest BCUT2D eigenvalue weighted by atomic mass is 9.96. The molecule has 0 unspecified atom stereocenters. The summed E-state index contributed by atoms with van der Waals surface area (Å²) in [4.78, 5) is 14.6. The van der Waals surface area contributed by atoms with Gasteiger partial charge in [0, 0.05) is 25.3 Å². The average molecular weight is 365 g/mol. The van der Waals surface area contributed by atoms with Crippen LogP contribution in [-0.2, 0) is 13.0 Å². The van der Waals surface area contributed by atoms with Gasteiger partial charge in [-0.1, -0.05) is 23.7 Å². The predicted molar refractivity (Wildman–Crippen MR) is 99.0 cm³/mol. The van der Waals surface area contributed by atoms with Crippen LogP contribution >= 0.6 is 22.9 Å². The summed E-state index contributed by atoms with van der Waals surface area (Å²) in [6.45, 7) is 5.92. The highest BCUT2D eigenvalue weighted by Crippen LogP contribution is 2.29. The number of hydrogen-bond donors (Lipinski definition) is 2. The van der Waals surface area contributed by atoms with Gasteiger partial charge < -0.3 is 10.4 Å². The molecule has 1 aromatic carbocycles. The molecule has 0 radical (unpaired) electrons. The van der Waals surface area contributed by atoms with E-state index in [-0.39, 0.29) is 5.91 Å². The fourth-order valence-electron chi connectivity index (χ4n) is 3.11. The number of benzene rings is 1. The molecule has 0 saturated carbocycles. The Kier molecular flexibility index (Phi) is 4.97. The van der Waals surface area contributed by atoms with Crippen LogP contribution in [-0.4, -0.2) is 34.6 Å². The third-order valence-corrected chi connectivity index (χ3v) is 5.24. The van der Waals surface area contributed by atoms with Gasteiger partial charge in [0.15, 0.2) is 0 Å². The zero-order chi connectivity index (χ0) is 17.3. The van der Waals surface area contributed by atoms with Gasteiger partial charge in [-0.15, -0.1) is 11.3 Å². The molecule has 1 aliphatic rings. The molecule has 0 atom stereocenters. The second-order valence-electron chi connectivity index (χ2n) is 6.78. The maximum absolute atomic E-state index is 12.4. The normalized spacial score (nSPS) is 15.2. The van der Waals surface area contributed by atoms with Crippen molar-refractivity contribution in [1.29, 1.82) is 0 Å². The molecule has 128 valence electrons. The van der Waals surface area contributed by atoms with E-state index in [1.165, 1.54) is 22.5 Å². The Bertz CT molecular complexity index is 752. The molecule has 0 aliphatic carbocycles. The van der Waals surface area contributed by atoms with E-state index in [1.54, 1.807) is 6.07 Å². The molecule has 2 aromatic rings. The number of nitrogens with zero attached hydrogens (tertiary/aromatic N) is 1. The molecule has 3 rings (SSSR count). The van der Waals surface area contributed by atoms with Crippen LogP contribution in [0.5, 0.6) is 0 Å². The molecule has 6 heteroatoms. The molecule has 1 aromatic heterocycles. The number of carbonyl (C=O) groups excluding carboxylic acids is 1. The molecule has 2 N–H and O–H groups in total. The molecule has 1 amide bonds.